The van der Waals surface area contributed by atoms with Gasteiger partial charge < -0.3 is 9.47 Å². The van der Waals surface area contributed by atoms with Crippen molar-refractivity contribution in [2.75, 3.05) is 30.6 Å². The van der Waals surface area contributed by atoms with Gasteiger partial charge in [0.25, 0.3) is 5.91 Å². The third kappa shape index (κ3) is 3.62. The van der Waals surface area contributed by atoms with E-state index in [0.717, 1.165) is 4.88 Å². The van der Waals surface area contributed by atoms with Crippen molar-refractivity contribution in [1.82, 2.24) is 0 Å². The number of hydrogen-bond donors (Lipinski definition) is 0. The van der Waals surface area contributed by atoms with Gasteiger partial charge in [-0.05, 0) is 47.8 Å². The molecule has 8 heteroatoms. The van der Waals surface area contributed by atoms with E-state index in [1.54, 1.807) is 49.6 Å². The number of halogens is 1. The molecule has 1 atom stereocenters. The van der Waals surface area contributed by atoms with Crippen LogP contribution in [0.3, 0.4) is 0 Å². The SMILES string of the molecule is COc1ccc(OC)c(N2CC(=O)N(c3ccc(Cl)cc3)C(c3cccs3)C2=O)c1. The Hall–Kier alpha value is -3.03. The predicted molar refractivity (Wildman–Crippen MR) is 118 cm³/mol. The Morgan fingerprint density at radius 2 is 1.80 bits per heavy atom. The fourth-order valence-corrected chi connectivity index (χ4v) is 4.43. The number of carbonyl (C=O) groups excluding carboxylic acids is 2. The summed E-state index contributed by atoms with van der Waals surface area (Å²) in [5.41, 5.74) is 1.11. The molecule has 30 heavy (non-hydrogen) atoms. The van der Waals surface area contributed by atoms with Gasteiger partial charge >= 0.3 is 0 Å². The first-order valence-electron chi connectivity index (χ1n) is 9.18. The van der Waals surface area contributed by atoms with E-state index in [1.165, 1.54) is 28.2 Å². The molecule has 1 unspecified atom stereocenters. The number of carbonyl (C=O) groups is 2. The van der Waals surface area contributed by atoms with Crippen molar-refractivity contribution in [3.8, 4) is 11.5 Å². The largest absolute Gasteiger partial charge is 0.497 e. The summed E-state index contributed by atoms with van der Waals surface area (Å²) in [6, 6.07) is 15.0. The van der Waals surface area contributed by atoms with Crippen molar-refractivity contribution in [2.45, 2.75) is 6.04 Å². The molecule has 0 aliphatic carbocycles. The molecule has 1 aliphatic rings. The first kappa shape index (κ1) is 20.3. The van der Waals surface area contributed by atoms with Crippen molar-refractivity contribution >= 4 is 46.1 Å². The second-order valence-corrected chi connectivity index (χ2v) is 8.04. The Morgan fingerprint density at radius 1 is 1.03 bits per heavy atom. The van der Waals surface area contributed by atoms with Crippen LogP contribution in [0.4, 0.5) is 11.4 Å². The van der Waals surface area contributed by atoms with Gasteiger partial charge in [-0.15, -0.1) is 11.3 Å². The van der Waals surface area contributed by atoms with Crippen LogP contribution in [0.25, 0.3) is 0 Å². The molecular formula is C22H19ClN2O4S. The van der Waals surface area contributed by atoms with Crippen molar-refractivity contribution in [2.24, 2.45) is 0 Å². The second-order valence-electron chi connectivity index (χ2n) is 6.62. The molecule has 0 spiro atoms. The summed E-state index contributed by atoms with van der Waals surface area (Å²) in [6.07, 6.45) is 0. The third-order valence-electron chi connectivity index (χ3n) is 4.91. The van der Waals surface area contributed by atoms with Crippen LogP contribution in [-0.4, -0.2) is 32.6 Å². The van der Waals surface area contributed by atoms with Crippen LogP contribution in [0.5, 0.6) is 11.5 Å². The molecule has 0 N–H and O–H groups in total. The topological polar surface area (TPSA) is 59.1 Å². The lowest BCUT2D eigenvalue weighted by atomic mass is 10.1. The minimum absolute atomic E-state index is 0.118. The summed E-state index contributed by atoms with van der Waals surface area (Å²) in [6.45, 7) is -0.118. The Bertz CT molecular complexity index is 1070. The average Bonchev–Trinajstić information content (AvgIpc) is 3.29. The van der Waals surface area contributed by atoms with E-state index in [2.05, 4.69) is 0 Å². The van der Waals surface area contributed by atoms with Gasteiger partial charge in [0.2, 0.25) is 5.91 Å². The van der Waals surface area contributed by atoms with Gasteiger partial charge in [-0.25, -0.2) is 0 Å². The summed E-state index contributed by atoms with van der Waals surface area (Å²) in [4.78, 5) is 30.8. The van der Waals surface area contributed by atoms with Gasteiger partial charge in [0.1, 0.15) is 18.0 Å². The fourth-order valence-electron chi connectivity index (χ4n) is 3.49. The molecule has 2 amide bonds. The molecule has 1 saturated heterocycles. The number of nitrogens with zero attached hydrogens (tertiary/aromatic N) is 2. The van der Waals surface area contributed by atoms with Crippen molar-refractivity contribution < 1.29 is 19.1 Å². The van der Waals surface area contributed by atoms with Crippen LogP contribution in [0.1, 0.15) is 10.9 Å². The van der Waals surface area contributed by atoms with E-state index in [0.29, 0.717) is 27.9 Å². The number of piperazine rings is 1. The number of benzene rings is 2. The number of thiophene rings is 1. The van der Waals surface area contributed by atoms with Crippen molar-refractivity contribution in [1.29, 1.82) is 0 Å². The maximum absolute atomic E-state index is 13.7. The number of methoxy groups -OCH3 is 2. The zero-order valence-electron chi connectivity index (χ0n) is 16.4. The highest BCUT2D eigenvalue weighted by atomic mass is 35.5. The van der Waals surface area contributed by atoms with Crippen molar-refractivity contribution in [3.05, 3.63) is 69.9 Å². The minimum Gasteiger partial charge on any atom is -0.497 e. The van der Waals surface area contributed by atoms with Crippen LogP contribution in [0.2, 0.25) is 5.02 Å². The van der Waals surface area contributed by atoms with Crippen LogP contribution in [-0.2, 0) is 9.59 Å². The maximum atomic E-state index is 13.7. The Kier molecular flexibility index (Phi) is 5.65. The first-order valence-corrected chi connectivity index (χ1v) is 10.4. The molecule has 0 saturated carbocycles. The van der Waals surface area contributed by atoms with Gasteiger partial charge in [0.15, 0.2) is 6.04 Å². The molecule has 6 nitrogen and oxygen atoms in total. The molecule has 2 heterocycles. The standard InChI is InChI=1S/C22H19ClN2O4S/c1-28-16-9-10-18(29-2)17(12-16)24-13-20(26)25(15-7-5-14(23)6-8-15)21(22(24)27)19-4-3-11-30-19/h3-12,21H,13H2,1-2H3. The summed E-state index contributed by atoms with van der Waals surface area (Å²) in [5.74, 6) is 0.624. The molecule has 4 rings (SSSR count). The average molecular weight is 443 g/mol. The molecule has 2 aromatic carbocycles. The lowest BCUT2D eigenvalue weighted by molar-refractivity contribution is -0.128. The first-order chi connectivity index (χ1) is 14.5. The van der Waals surface area contributed by atoms with Crippen LogP contribution < -0.4 is 19.3 Å². The van der Waals surface area contributed by atoms with Gasteiger partial charge in [0, 0.05) is 21.7 Å². The lowest BCUT2D eigenvalue weighted by Gasteiger charge is -2.40. The number of anilines is 2. The number of rotatable bonds is 5. The lowest BCUT2D eigenvalue weighted by Crippen LogP contribution is -2.56. The minimum atomic E-state index is -0.789. The Morgan fingerprint density at radius 3 is 2.43 bits per heavy atom. The molecular weight excluding hydrogens is 424 g/mol. The highest BCUT2D eigenvalue weighted by molar-refractivity contribution is 7.10. The summed E-state index contributed by atoms with van der Waals surface area (Å²) < 4.78 is 10.8. The second kappa shape index (κ2) is 8.38. The van der Waals surface area contributed by atoms with Gasteiger partial charge in [-0.3, -0.25) is 19.4 Å². The Balaban J connectivity index is 1.81. The van der Waals surface area contributed by atoms with Crippen LogP contribution in [0.15, 0.2) is 60.0 Å². The number of amides is 2. The molecule has 1 fully saturated rings. The Labute approximate surface area is 183 Å². The van der Waals surface area contributed by atoms with E-state index < -0.39 is 6.04 Å². The summed E-state index contributed by atoms with van der Waals surface area (Å²) in [7, 11) is 3.07. The monoisotopic (exact) mass is 442 g/mol. The van der Waals surface area contributed by atoms with Gasteiger partial charge in [-0.1, -0.05) is 17.7 Å². The molecule has 0 radical (unpaired) electrons. The molecule has 0 bridgehead atoms. The fraction of sp³-hybridized carbons (Fsp3) is 0.182. The molecule has 154 valence electrons. The molecule has 3 aromatic rings. The van der Waals surface area contributed by atoms with E-state index in [4.69, 9.17) is 21.1 Å². The highest BCUT2D eigenvalue weighted by Crippen LogP contribution is 2.40. The third-order valence-corrected chi connectivity index (χ3v) is 6.09. The van der Waals surface area contributed by atoms with Crippen molar-refractivity contribution in [3.63, 3.8) is 0 Å². The maximum Gasteiger partial charge on any atom is 0.256 e. The smallest absolute Gasteiger partial charge is 0.256 e. The van der Waals surface area contributed by atoms with E-state index in [1.807, 2.05) is 17.5 Å². The zero-order chi connectivity index (χ0) is 21.3. The van der Waals surface area contributed by atoms with E-state index in [-0.39, 0.29) is 18.4 Å². The van der Waals surface area contributed by atoms with Gasteiger partial charge in [0.05, 0.1) is 19.9 Å². The zero-order valence-corrected chi connectivity index (χ0v) is 17.9. The van der Waals surface area contributed by atoms with Crippen LogP contribution in [0, 0.1) is 0 Å². The van der Waals surface area contributed by atoms with E-state index in [9.17, 15) is 9.59 Å². The predicted octanol–water partition coefficient (Wildman–Crippen LogP) is 4.54. The number of hydrogen-bond acceptors (Lipinski definition) is 5. The highest BCUT2D eigenvalue weighted by Gasteiger charge is 2.43. The summed E-state index contributed by atoms with van der Waals surface area (Å²) >= 11 is 7.44. The summed E-state index contributed by atoms with van der Waals surface area (Å²) in [5, 5.41) is 2.45. The van der Waals surface area contributed by atoms with E-state index >= 15 is 0 Å². The molecule has 1 aliphatic heterocycles. The normalized spacial score (nSPS) is 16.7. The number of ether oxygens (including phenoxy) is 2. The quantitative estimate of drug-likeness (QED) is 0.582. The van der Waals surface area contributed by atoms with Crippen LogP contribution >= 0.6 is 22.9 Å². The molecule has 1 aromatic heterocycles. The van der Waals surface area contributed by atoms with Gasteiger partial charge in [-0.2, -0.15) is 0 Å².